The zero-order valence-corrected chi connectivity index (χ0v) is 17.3. The normalized spacial score (nSPS) is 10.9. The topological polar surface area (TPSA) is 98.0 Å². The first kappa shape index (κ1) is 21.4. The Morgan fingerprint density at radius 1 is 1.07 bits per heavy atom. The maximum absolute atomic E-state index is 12.2. The van der Waals surface area contributed by atoms with Gasteiger partial charge >= 0.3 is 5.97 Å². The van der Waals surface area contributed by atoms with Crippen molar-refractivity contribution in [2.75, 3.05) is 0 Å². The van der Waals surface area contributed by atoms with Crippen LogP contribution in [0.25, 0.3) is 11.1 Å². The smallest absolute Gasteiger partial charge is 0.336 e. The summed E-state index contributed by atoms with van der Waals surface area (Å²) in [5.74, 6) is -0.0189. The van der Waals surface area contributed by atoms with Crippen LogP contribution in [0.1, 0.15) is 72.0 Å². The Morgan fingerprint density at radius 3 is 2.53 bits per heavy atom. The van der Waals surface area contributed by atoms with Gasteiger partial charge in [0.25, 0.3) is 0 Å². The van der Waals surface area contributed by atoms with Crippen molar-refractivity contribution in [2.45, 2.75) is 52.5 Å². The van der Waals surface area contributed by atoms with Crippen molar-refractivity contribution in [1.82, 2.24) is 19.7 Å². The quantitative estimate of drug-likeness (QED) is 0.501. The number of ketones is 1. The van der Waals surface area contributed by atoms with Crippen molar-refractivity contribution in [1.29, 1.82) is 0 Å². The van der Waals surface area contributed by atoms with Gasteiger partial charge in [-0.15, -0.1) is 5.10 Å². The molecule has 0 radical (unpaired) electrons. The first-order valence-electron chi connectivity index (χ1n) is 10.3. The highest BCUT2D eigenvalue weighted by Gasteiger charge is 2.17. The summed E-state index contributed by atoms with van der Waals surface area (Å²) in [5, 5.41) is 13.8. The minimum Gasteiger partial charge on any atom is -0.478 e. The average Bonchev–Trinajstić information content (AvgIpc) is 3.15. The molecular formula is C23H26N4O3. The summed E-state index contributed by atoms with van der Waals surface area (Å²) in [7, 11) is 0. The number of carbonyl (C=O) groups excluding carboxylic acids is 1. The summed E-state index contributed by atoms with van der Waals surface area (Å²) < 4.78 is 1.81. The molecule has 0 aliphatic carbocycles. The number of aryl methyl sites for hydroxylation is 1. The van der Waals surface area contributed by atoms with Gasteiger partial charge in [-0.3, -0.25) is 9.78 Å². The molecule has 0 aliphatic rings. The van der Waals surface area contributed by atoms with Crippen molar-refractivity contribution < 1.29 is 14.7 Å². The first-order valence-corrected chi connectivity index (χ1v) is 10.3. The van der Waals surface area contributed by atoms with Gasteiger partial charge in [0, 0.05) is 36.8 Å². The van der Waals surface area contributed by atoms with Gasteiger partial charge < -0.3 is 5.11 Å². The van der Waals surface area contributed by atoms with Crippen LogP contribution in [0.5, 0.6) is 0 Å². The number of pyridine rings is 1. The van der Waals surface area contributed by atoms with Crippen LogP contribution in [0.15, 0.2) is 42.6 Å². The van der Waals surface area contributed by atoms with Crippen LogP contribution < -0.4 is 0 Å². The second-order valence-electron chi connectivity index (χ2n) is 7.17. The van der Waals surface area contributed by atoms with Crippen LogP contribution in [0, 0.1) is 0 Å². The molecule has 1 aromatic carbocycles. The van der Waals surface area contributed by atoms with E-state index in [1.807, 2.05) is 23.7 Å². The lowest BCUT2D eigenvalue weighted by Gasteiger charge is -2.08. The van der Waals surface area contributed by atoms with Gasteiger partial charge in [0.2, 0.25) is 11.6 Å². The van der Waals surface area contributed by atoms with Crippen molar-refractivity contribution in [3.63, 3.8) is 0 Å². The summed E-state index contributed by atoms with van der Waals surface area (Å²) in [6, 6.07) is 10.6. The third-order valence-corrected chi connectivity index (χ3v) is 4.83. The summed E-state index contributed by atoms with van der Waals surface area (Å²) in [6.07, 6.45) is 5.30. The highest BCUT2D eigenvalue weighted by molar-refractivity contribution is 5.95. The van der Waals surface area contributed by atoms with E-state index in [0.29, 0.717) is 30.8 Å². The van der Waals surface area contributed by atoms with Crippen molar-refractivity contribution >= 4 is 11.8 Å². The summed E-state index contributed by atoms with van der Waals surface area (Å²) in [6.45, 7) is 4.78. The van der Waals surface area contributed by atoms with Crippen molar-refractivity contribution in [2.24, 2.45) is 0 Å². The zero-order chi connectivity index (χ0) is 21.5. The van der Waals surface area contributed by atoms with Crippen molar-refractivity contribution in [3.05, 3.63) is 65.5 Å². The predicted octanol–water partition coefficient (Wildman–Crippen LogP) is 4.41. The number of aromatic nitrogens is 4. The molecule has 30 heavy (non-hydrogen) atoms. The zero-order valence-electron chi connectivity index (χ0n) is 17.3. The fraction of sp³-hybridized carbons (Fsp3) is 0.348. The third kappa shape index (κ3) is 4.97. The van der Waals surface area contributed by atoms with Gasteiger partial charge in [-0.1, -0.05) is 44.5 Å². The van der Waals surface area contributed by atoms with E-state index in [1.54, 1.807) is 30.5 Å². The Bertz CT molecular complexity index is 1030. The van der Waals surface area contributed by atoms with E-state index in [0.717, 1.165) is 30.5 Å². The SMILES string of the molecule is CCCCn1nc(C(=O)CCC)nc1Cc1ccc(-c2ccccc2C(=O)O)cn1. The van der Waals surface area contributed by atoms with Gasteiger partial charge in [0.15, 0.2) is 0 Å². The van der Waals surface area contributed by atoms with Gasteiger partial charge in [-0.2, -0.15) is 0 Å². The highest BCUT2D eigenvalue weighted by Crippen LogP contribution is 2.23. The maximum atomic E-state index is 12.2. The van der Waals surface area contributed by atoms with Crippen LogP contribution in [0.4, 0.5) is 0 Å². The highest BCUT2D eigenvalue weighted by atomic mass is 16.4. The van der Waals surface area contributed by atoms with Crippen LogP contribution in [-0.2, 0) is 13.0 Å². The molecule has 0 bridgehead atoms. The lowest BCUT2D eigenvalue weighted by atomic mass is 10.0. The lowest BCUT2D eigenvalue weighted by molar-refractivity contribution is 0.0697. The number of nitrogens with zero attached hydrogens (tertiary/aromatic N) is 4. The standard InChI is InChI=1S/C23H26N4O3/c1-3-5-13-27-21(25-22(26-27)20(28)8-4-2)14-17-12-11-16(15-24-17)18-9-6-7-10-19(18)23(29)30/h6-7,9-12,15H,3-5,8,13-14H2,1-2H3,(H,29,30). The molecule has 0 aliphatic heterocycles. The number of Topliss-reactive ketones (excluding diaryl/α,β-unsaturated/α-hetero) is 1. The number of aromatic carboxylic acids is 1. The number of carbonyl (C=O) groups is 2. The number of unbranched alkanes of at least 4 members (excludes halogenated alkanes) is 1. The summed E-state index contributed by atoms with van der Waals surface area (Å²) >= 11 is 0. The van der Waals surface area contributed by atoms with Crippen LogP contribution >= 0.6 is 0 Å². The van der Waals surface area contributed by atoms with Crippen LogP contribution in [-0.4, -0.2) is 36.6 Å². The molecule has 3 aromatic rings. The number of benzene rings is 1. The number of carboxylic acid groups (broad SMARTS) is 1. The third-order valence-electron chi connectivity index (χ3n) is 4.83. The molecule has 7 nitrogen and oxygen atoms in total. The van der Waals surface area contributed by atoms with Gasteiger partial charge in [-0.05, 0) is 30.5 Å². The average molecular weight is 406 g/mol. The number of hydrogen-bond donors (Lipinski definition) is 1. The van der Waals surface area contributed by atoms with E-state index >= 15 is 0 Å². The van der Waals surface area contributed by atoms with Gasteiger partial charge in [0.1, 0.15) is 5.82 Å². The van der Waals surface area contributed by atoms with Gasteiger partial charge in [0.05, 0.1) is 5.56 Å². The number of carboxylic acids is 1. The molecule has 0 saturated carbocycles. The largest absolute Gasteiger partial charge is 0.478 e. The fourth-order valence-electron chi connectivity index (χ4n) is 3.22. The molecule has 156 valence electrons. The molecule has 0 fully saturated rings. The molecule has 2 aromatic heterocycles. The van der Waals surface area contributed by atoms with E-state index in [-0.39, 0.29) is 17.2 Å². The second-order valence-corrected chi connectivity index (χ2v) is 7.17. The Balaban J connectivity index is 1.84. The Labute approximate surface area is 175 Å². The van der Waals surface area contributed by atoms with E-state index in [1.165, 1.54) is 0 Å². The molecule has 0 unspecified atom stereocenters. The second kappa shape index (κ2) is 9.91. The van der Waals surface area contributed by atoms with Crippen molar-refractivity contribution in [3.8, 4) is 11.1 Å². The molecular weight excluding hydrogens is 380 g/mol. The van der Waals surface area contributed by atoms with E-state index in [9.17, 15) is 14.7 Å². The Kier molecular flexibility index (Phi) is 7.06. The molecule has 7 heteroatoms. The minimum atomic E-state index is -0.969. The fourth-order valence-corrected chi connectivity index (χ4v) is 3.22. The summed E-state index contributed by atoms with van der Waals surface area (Å²) in [5.41, 5.74) is 2.39. The van der Waals surface area contributed by atoms with E-state index in [4.69, 9.17) is 0 Å². The molecule has 0 atom stereocenters. The number of hydrogen-bond acceptors (Lipinski definition) is 5. The molecule has 2 heterocycles. The van der Waals surface area contributed by atoms with Crippen LogP contribution in [0.3, 0.4) is 0 Å². The minimum absolute atomic E-state index is 0.0393. The van der Waals surface area contributed by atoms with Crippen LogP contribution in [0.2, 0.25) is 0 Å². The Hall–Kier alpha value is -3.35. The number of rotatable bonds is 10. The lowest BCUT2D eigenvalue weighted by Crippen LogP contribution is -2.07. The predicted molar refractivity (Wildman–Crippen MR) is 114 cm³/mol. The van der Waals surface area contributed by atoms with E-state index < -0.39 is 5.97 Å². The molecule has 0 spiro atoms. The molecule has 3 rings (SSSR count). The molecule has 0 amide bonds. The Morgan fingerprint density at radius 2 is 1.87 bits per heavy atom. The first-order chi connectivity index (χ1) is 14.5. The van der Waals surface area contributed by atoms with Gasteiger partial charge in [-0.25, -0.2) is 14.5 Å². The van der Waals surface area contributed by atoms with E-state index in [2.05, 4.69) is 22.0 Å². The maximum Gasteiger partial charge on any atom is 0.336 e. The molecule has 0 saturated heterocycles. The monoisotopic (exact) mass is 406 g/mol. The molecule has 1 N–H and O–H groups in total. The summed E-state index contributed by atoms with van der Waals surface area (Å²) in [4.78, 5) is 32.7.